The number of rotatable bonds is 13. The van der Waals surface area contributed by atoms with E-state index in [1.165, 1.54) is 0 Å². The summed E-state index contributed by atoms with van der Waals surface area (Å²) in [5.41, 5.74) is -0.261. The number of carbonyl (C=O) groups is 1. The van der Waals surface area contributed by atoms with Crippen LogP contribution in [0.3, 0.4) is 0 Å². The van der Waals surface area contributed by atoms with Gasteiger partial charge in [0.2, 0.25) is 0 Å². The Morgan fingerprint density at radius 3 is 1.65 bits per heavy atom. The van der Waals surface area contributed by atoms with Gasteiger partial charge in [-0.2, -0.15) is 0 Å². The Kier molecular flexibility index (Phi) is 11.6. The fraction of sp³-hybridized carbons (Fsp3) is 0.900. The molecule has 0 aliphatic rings. The summed E-state index contributed by atoms with van der Waals surface area (Å²) in [6.45, 7) is 32.5. The first-order valence-corrected chi connectivity index (χ1v) is 13.2. The molecular formula is C30H58O4. The van der Waals surface area contributed by atoms with Gasteiger partial charge in [-0.3, -0.25) is 4.79 Å². The first-order chi connectivity index (χ1) is 15.1. The topological polar surface area (TPSA) is 55.8 Å². The third-order valence-corrected chi connectivity index (χ3v) is 9.36. The standard InChI is InChI=1S/C30H58O4/c1-16-23(6)29(14,19-27(10,11)21(2)3)24(31)33-17-18-34-25(32)30(15,26(7,8)9)20-28(12,13)22(4)5/h16,21-22,25,32H,17-20H2,1-15H3. The lowest BCUT2D eigenvalue weighted by molar-refractivity contribution is -0.219. The van der Waals surface area contributed by atoms with Gasteiger partial charge in [-0.1, -0.05) is 94.7 Å². The van der Waals surface area contributed by atoms with Crippen molar-refractivity contribution in [3.8, 4) is 0 Å². The first-order valence-electron chi connectivity index (χ1n) is 13.2. The minimum Gasteiger partial charge on any atom is -0.463 e. The van der Waals surface area contributed by atoms with Crippen LogP contribution < -0.4 is 0 Å². The number of ether oxygens (including phenoxy) is 2. The molecule has 0 amide bonds. The van der Waals surface area contributed by atoms with Gasteiger partial charge in [0.15, 0.2) is 6.29 Å². The highest BCUT2D eigenvalue weighted by Gasteiger charge is 2.48. The summed E-state index contributed by atoms with van der Waals surface area (Å²) in [7, 11) is 0. The van der Waals surface area contributed by atoms with Crippen LogP contribution in [0, 0.1) is 38.9 Å². The molecule has 0 aliphatic heterocycles. The van der Waals surface area contributed by atoms with Crippen molar-refractivity contribution in [3.05, 3.63) is 11.6 Å². The Morgan fingerprint density at radius 1 is 0.824 bits per heavy atom. The summed E-state index contributed by atoms with van der Waals surface area (Å²) in [4.78, 5) is 13.2. The van der Waals surface area contributed by atoms with Gasteiger partial charge in [-0.25, -0.2) is 0 Å². The summed E-state index contributed by atoms with van der Waals surface area (Å²) in [6.07, 6.45) is 2.59. The number of aliphatic hydroxyl groups is 1. The molecule has 0 aliphatic carbocycles. The summed E-state index contributed by atoms with van der Waals surface area (Å²) >= 11 is 0. The van der Waals surface area contributed by atoms with Crippen molar-refractivity contribution >= 4 is 5.97 Å². The van der Waals surface area contributed by atoms with Crippen LogP contribution in [-0.4, -0.2) is 30.6 Å². The van der Waals surface area contributed by atoms with E-state index in [1.807, 2.05) is 26.8 Å². The lowest BCUT2D eigenvalue weighted by Crippen LogP contribution is -2.48. The number of esters is 1. The molecular weight excluding hydrogens is 424 g/mol. The molecule has 0 radical (unpaired) electrons. The maximum atomic E-state index is 13.2. The third kappa shape index (κ3) is 8.08. The Hall–Kier alpha value is -0.870. The summed E-state index contributed by atoms with van der Waals surface area (Å²) in [6, 6.07) is 0. The van der Waals surface area contributed by atoms with Crippen molar-refractivity contribution in [2.45, 2.75) is 123 Å². The maximum Gasteiger partial charge on any atom is 0.316 e. The highest BCUT2D eigenvalue weighted by Crippen LogP contribution is 2.51. The van der Waals surface area contributed by atoms with Crippen molar-refractivity contribution in [1.82, 2.24) is 0 Å². The number of carbonyl (C=O) groups excluding carboxylic acids is 1. The maximum absolute atomic E-state index is 13.2. The average molecular weight is 483 g/mol. The van der Waals surface area contributed by atoms with Gasteiger partial charge in [0.1, 0.15) is 6.61 Å². The molecule has 202 valence electrons. The van der Waals surface area contributed by atoms with E-state index in [1.54, 1.807) is 0 Å². The van der Waals surface area contributed by atoms with Gasteiger partial charge in [-0.05, 0) is 61.7 Å². The Bertz CT molecular complexity index is 680. The third-order valence-electron chi connectivity index (χ3n) is 9.36. The number of aliphatic hydroxyl groups excluding tert-OH is 1. The molecule has 0 bridgehead atoms. The zero-order valence-electron chi connectivity index (χ0n) is 25.3. The highest BCUT2D eigenvalue weighted by molar-refractivity contribution is 5.80. The van der Waals surface area contributed by atoms with Crippen molar-refractivity contribution in [1.29, 1.82) is 0 Å². The van der Waals surface area contributed by atoms with E-state index in [0.29, 0.717) is 18.3 Å². The molecule has 3 atom stereocenters. The predicted octanol–water partition coefficient (Wildman–Crippen LogP) is 8.03. The smallest absolute Gasteiger partial charge is 0.316 e. The molecule has 0 fully saturated rings. The molecule has 0 spiro atoms. The van der Waals surface area contributed by atoms with Crippen LogP contribution in [0.1, 0.15) is 117 Å². The van der Waals surface area contributed by atoms with E-state index in [9.17, 15) is 9.90 Å². The van der Waals surface area contributed by atoms with Crippen LogP contribution >= 0.6 is 0 Å². The molecule has 4 heteroatoms. The van der Waals surface area contributed by atoms with Gasteiger partial charge in [-0.15, -0.1) is 0 Å². The number of hydrogen-bond donors (Lipinski definition) is 1. The molecule has 0 saturated carbocycles. The van der Waals surface area contributed by atoms with Crippen LogP contribution in [0.25, 0.3) is 0 Å². The Balaban J connectivity index is 5.38. The van der Waals surface area contributed by atoms with Crippen molar-refractivity contribution in [2.75, 3.05) is 13.2 Å². The molecule has 4 nitrogen and oxygen atoms in total. The molecule has 34 heavy (non-hydrogen) atoms. The zero-order chi connectivity index (χ0) is 27.3. The van der Waals surface area contributed by atoms with E-state index in [4.69, 9.17) is 9.47 Å². The molecule has 1 N–H and O–H groups in total. The van der Waals surface area contributed by atoms with E-state index < -0.39 is 17.1 Å². The summed E-state index contributed by atoms with van der Waals surface area (Å²) in [5, 5.41) is 11.1. The molecule has 0 aromatic rings. The van der Waals surface area contributed by atoms with Crippen LogP contribution in [0.2, 0.25) is 0 Å². The fourth-order valence-electron chi connectivity index (χ4n) is 4.32. The Labute approximate surface area is 212 Å². The molecule has 0 saturated heterocycles. The molecule has 0 heterocycles. The fourth-order valence-corrected chi connectivity index (χ4v) is 4.32. The van der Waals surface area contributed by atoms with E-state index in [2.05, 4.69) is 83.1 Å². The van der Waals surface area contributed by atoms with Gasteiger partial charge >= 0.3 is 5.97 Å². The second kappa shape index (κ2) is 11.9. The van der Waals surface area contributed by atoms with Crippen LogP contribution in [0.15, 0.2) is 11.6 Å². The minimum absolute atomic E-state index is 0.0114. The molecule has 3 unspecified atom stereocenters. The van der Waals surface area contributed by atoms with Gasteiger partial charge in [0, 0.05) is 5.41 Å². The van der Waals surface area contributed by atoms with E-state index >= 15 is 0 Å². The van der Waals surface area contributed by atoms with Crippen LogP contribution in [0.4, 0.5) is 0 Å². The summed E-state index contributed by atoms with van der Waals surface area (Å²) < 4.78 is 11.6. The van der Waals surface area contributed by atoms with Crippen molar-refractivity contribution < 1.29 is 19.4 Å². The van der Waals surface area contributed by atoms with Gasteiger partial charge < -0.3 is 14.6 Å². The molecule has 0 aromatic heterocycles. The minimum atomic E-state index is -0.951. The van der Waals surface area contributed by atoms with Crippen LogP contribution in [-0.2, 0) is 14.3 Å². The van der Waals surface area contributed by atoms with Crippen molar-refractivity contribution in [2.24, 2.45) is 38.9 Å². The predicted molar refractivity (Wildman–Crippen MR) is 144 cm³/mol. The number of hydrogen-bond acceptors (Lipinski definition) is 4. The van der Waals surface area contributed by atoms with Crippen LogP contribution in [0.5, 0.6) is 0 Å². The van der Waals surface area contributed by atoms with Crippen molar-refractivity contribution in [3.63, 3.8) is 0 Å². The Morgan fingerprint density at radius 2 is 1.26 bits per heavy atom. The first kappa shape index (κ1) is 33.1. The lowest BCUT2D eigenvalue weighted by Gasteiger charge is -2.49. The normalized spacial score (nSPS) is 18.6. The van der Waals surface area contributed by atoms with E-state index in [0.717, 1.165) is 12.0 Å². The monoisotopic (exact) mass is 482 g/mol. The largest absolute Gasteiger partial charge is 0.463 e. The second-order valence-electron chi connectivity index (χ2n) is 14.0. The average Bonchev–Trinajstić information content (AvgIpc) is 2.67. The van der Waals surface area contributed by atoms with Gasteiger partial charge in [0.25, 0.3) is 0 Å². The van der Waals surface area contributed by atoms with E-state index in [-0.39, 0.29) is 35.4 Å². The quantitative estimate of drug-likeness (QED) is 0.125. The second-order valence-corrected chi connectivity index (χ2v) is 14.0. The number of allylic oxidation sites excluding steroid dienone is 1. The lowest BCUT2D eigenvalue weighted by atomic mass is 9.58. The molecule has 0 aromatic carbocycles. The summed E-state index contributed by atoms with van der Waals surface area (Å²) in [5.74, 6) is 0.687. The zero-order valence-corrected chi connectivity index (χ0v) is 25.3. The highest BCUT2D eigenvalue weighted by atomic mass is 16.6. The SMILES string of the molecule is CC=C(C)C(C)(CC(C)(C)C(C)C)C(=O)OCCOC(O)C(C)(CC(C)(C)C(C)C)C(C)(C)C. The molecule has 0 rings (SSSR count). The van der Waals surface area contributed by atoms with Gasteiger partial charge in [0.05, 0.1) is 12.0 Å².